The minimum Gasteiger partial charge on any atom is -0.495 e. The van der Waals surface area contributed by atoms with Crippen molar-refractivity contribution < 1.29 is 24.2 Å². The number of ether oxygens (including phenoxy) is 2. The number of carbonyl (C=O) groups is 2. The van der Waals surface area contributed by atoms with Gasteiger partial charge in [0.15, 0.2) is 5.78 Å². The Morgan fingerprint density at radius 2 is 1.95 bits per heavy atom. The van der Waals surface area contributed by atoms with Crippen LogP contribution in [-0.4, -0.2) is 37.2 Å². The maximum absolute atomic E-state index is 12.0. The van der Waals surface area contributed by atoms with Crippen LogP contribution in [0.2, 0.25) is 0 Å². The van der Waals surface area contributed by atoms with Crippen LogP contribution in [0.1, 0.15) is 40.5 Å². The van der Waals surface area contributed by atoms with Gasteiger partial charge in [-0.15, -0.1) is 0 Å². The highest BCUT2D eigenvalue weighted by atomic mass is 16.5. The average Bonchev–Trinajstić information content (AvgIpc) is 2.43. The molecule has 0 fully saturated rings. The molecule has 19 heavy (non-hydrogen) atoms. The molecule has 0 aromatic heterocycles. The van der Waals surface area contributed by atoms with Crippen LogP contribution in [0.5, 0.6) is 5.75 Å². The molecular weight excluding hydrogens is 248 g/mol. The molecule has 5 nitrogen and oxygen atoms in total. The van der Waals surface area contributed by atoms with E-state index < -0.39 is 5.97 Å². The zero-order chi connectivity index (χ0) is 14.3. The molecule has 0 bridgehead atoms. The van der Waals surface area contributed by atoms with Gasteiger partial charge in [0.05, 0.1) is 19.3 Å². The Balaban J connectivity index is 3.09. The van der Waals surface area contributed by atoms with E-state index in [4.69, 9.17) is 14.6 Å². The van der Waals surface area contributed by atoms with E-state index in [2.05, 4.69) is 0 Å². The van der Waals surface area contributed by atoms with Crippen LogP contribution >= 0.6 is 0 Å². The van der Waals surface area contributed by atoms with Crippen molar-refractivity contribution in [1.82, 2.24) is 0 Å². The lowest BCUT2D eigenvalue weighted by molar-refractivity contribution is 0.0522. The van der Waals surface area contributed by atoms with Crippen molar-refractivity contribution in [2.45, 2.75) is 19.8 Å². The second kappa shape index (κ2) is 7.53. The topological polar surface area (TPSA) is 72.8 Å². The highest BCUT2D eigenvalue weighted by molar-refractivity contribution is 6.03. The van der Waals surface area contributed by atoms with Crippen LogP contribution in [0.15, 0.2) is 18.2 Å². The molecule has 1 aromatic rings. The first-order chi connectivity index (χ1) is 9.15. The maximum atomic E-state index is 12.0. The number of esters is 1. The summed E-state index contributed by atoms with van der Waals surface area (Å²) in [6.45, 7) is 1.91. The Labute approximate surface area is 112 Å². The number of hydrogen-bond donors (Lipinski definition) is 1. The molecule has 0 aliphatic carbocycles. The largest absolute Gasteiger partial charge is 0.495 e. The number of carbonyl (C=O) groups excluding carboxylic acids is 2. The van der Waals surface area contributed by atoms with Crippen LogP contribution in [-0.2, 0) is 4.74 Å². The molecule has 1 aromatic carbocycles. The molecule has 1 N–H and O–H groups in total. The zero-order valence-electron chi connectivity index (χ0n) is 11.1. The molecule has 0 saturated heterocycles. The van der Waals surface area contributed by atoms with Crippen LogP contribution < -0.4 is 4.74 Å². The average molecular weight is 266 g/mol. The number of Topliss-reactive ketones (excluding diaryl/α,β-unsaturated/α-hetero) is 1. The number of hydrogen-bond acceptors (Lipinski definition) is 5. The first-order valence-electron chi connectivity index (χ1n) is 6.13. The third-order valence-electron chi connectivity index (χ3n) is 2.58. The number of methoxy groups -OCH3 is 1. The smallest absolute Gasteiger partial charge is 0.341 e. The third-order valence-corrected chi connectivity index (χ3v) is 2.58. The van der Waals surface area contributed by atoms with Crippen LogP contribution in [0.4, 0.5) is 0 Å². The first kappa shape index (κ1) is 15.2. The van der Waals surface area contributed by atoms with Crippen molar-refractivity contribution in [2.75, 3.05) is 20.3 Å². The van der Waals surface area contributed by atoms with Crippen molar-refractivity contribution in [1.29, 1.82) is 0 Å². The predicted molar refractivity (Wildman–Crippen MR) is 69.6 cm³/mol. The summed E-state index contributed by atoms with van der Waals surface area (Å²) in [7, 11) is 1.40. The van der Waals surface area contributed by atoms with Crippen molar-refractivity contribution in [3.05, 3.63) is 29.3 Å². The molecule has 104 valence electrons. The normalized spacial score (nSPS) is 10.1. The van der Waals surface area contributed by atoms with Gasteiger partial charge in [-0.1, -0.05) is 6.07 Å². The van der Waals surface area contributed by atoms with E-state index in [0.717, 1.165) is 0 Å². The molecule has 0 atom stereocenters. The number of para-hydroxylation sites is 1. The Morgan fingerprint density at radius 1 is 1.26 bits per heavy atom. The second-order valence-corrected chi connectivity index (χ2v) is 3.86. The van der Waals surface area contributed by atoms with Gasteiger partial charge in [0, 0.05) is 13.0 Å². The SMILES string of the molecule is CCOC(=O)c1cccc(C(=O)CCCO)c1OC. The van der Waals surface area contributed by atoms with Gasteiger partial charge in [-0.25, -0.2) is 4.79 Å². The Morgan fingerprint density at radius 3 is 2.53 bits per heavy atom. The van der Waals surface area contributed by atoms with Gasteiger partial charge in [-0.2, -0.15) is 0 Å². The van der Waals surface area contributed by atoms with Crippen molar-refractivity contribution in [2.24, 2.45) is 0 Å². The van der Waals surface area contributed by atoms with Crippen LogP contribution in [0, 0.1) is 0 Å². The van der Waals surface area contributed by atoms with E-state index in [1.165, 1.54) is 7.11 Å². The Bertz CT molecular complexity index is 453. The summed E-state index contributed by atoms with van der Waals surface area (Å²) in [5.41, 5.74) is 0.570. The van der Waals surface area contributed by atoms with Crippen LogP contribution in [0.25, 0.3) is 0 Å². The van der Waals surface area contributed by atoms with Gasteiger partial charge in [0.2, 0.25) is 0 Å². The van der Waals surface area contributed by atoms with E-state index in [-0.39, 0.29) is 36.7 Å². The number of aliphatic hydroxyl groups is 1. The molecular formula is C14H18O5. The summed E-state index contributed by atoms with van der Waals surface area (Å²) < 4.78 is 10.1. The predicted octanol–water partition coefficient (Wildman–Crippen LogP) is 1.83. The molecule has 0 unspecified atom stereocenters. The van der Waals surface area contributed by atoms with Crippen molar-refractivity contribution >= 4 is 11.8 Å². The van der Waals surface area contributed by atoms with Gasteiger partial charge < -0.3 is 14.6 Å². The summed E-state index contributed by atoms with van der Waals surface area (Å²) in [4.78, 5) is 23.7. The van der Waals surface area contributed by atoms with Crippen molar-refractivity contribution in [3.63, 3.8) is 0 Å². The summed E-state index contributed by atoms with van der Waals surface area (Å²) in [5, 5.41) is 8.74. The Kier molecular flexibility index (Phi) is 6.02. The quantitative estimate of drug-likeness (QED) is 0.602. The van der Waals surface area contributed by atoms with Crippen molar-refractivity contribution in [3.8, 4) is 5.75 Å². The minimum absolute atomic E-state index is 0.0500. The molecule has 0 heterocycles. The second-order valence-electron chi connectivity index (χ2n) is 3.86. The lowest BCUT2D eigenvalue weighted by Gasteiger charge is -2.11. The fraction of sp³-hybridized carbons (Fsp3) is 0.429. The van der Waals surface area contributed by atoms with Gasteiger partial charge in [0.1, 0.15) is 11.3 Å². The zero-order valence-corrected chi connectivity index (χ0v) is 11.1. The molecule has 0 amide bonds. The molecule has 0 aliphatic rings. The summed E-state index contributed by atoms with van der Waals surface area (Å²) in [6, 6.07) is 4.77. The number of rotatable bonds is 7. The number of benzene rings is 1. The van der Waals surface area contributed by atoms with Gasteiger partial charge in [-0.05, 0) is 25.5 Å². The summed E-state index contributed by atoms with van der Waals surface area (Å²) in [5.74, 6) is -0.461. The Hall–Kier alpha value is -1.88. The highest BCUT2D eigenvalue weighted by Crippen LogP contribution is 2.26. The van der Waals surface area contributed by atoms with E-state index in [1.807, 2.05) is 0 Å². The van der Waals surface area contributed by atoms with Gasteiger partial charge in [-0.3, -0.25) is 4.79 Å². The maximum Gasteiger partial charge on any atom is 0.341 e. The van der Waals surface area contributed by atoms with E-state index in [0.29, 0.717) is 12.0 Å². The first-order valence-corrected chi connectivity index (χ1v) is 6.13. The minimum atomic E-state index is -0.517. The summed E-state index contributed by atoms with van der Waals surface area (Å²) >= 11 is 0. The fourth-order valence-corrected chi connectivity index (χ4v) is 1.72. The third kappa shape index (κ3) is 3.79. The number of ketones is 1. The fourth-order valence-electron chi connectivity index (χ4n) is 1.72. The molecule has 0 spiro atoms. The van der Waals surface area contributed by atoms with Gasteiger partial charge in [0.25, 0.3) is 0 Å². The molecule has 0 aliphatic heterocycles. The standard InChI is InChI=1S/C14H18O5/c1-3-19-14(17)11-7-4-6-10(13(11)18-2)12(16)8-5-9-15/h4,6-7,15H,3,5,8-9H2,1-2H3. The van der Waals surface area contributed by atoms with E-state index >= 15 is 0 Å². The summed E-state index contributed by atoms with van der Waals surface area (Å²) in [6.07, 6.45) is 0.588. The number of aliphatic hydroxyl groups excluding tert-OH is 1. The molecule has 0 radical (unpaired) electrons. The highest BCUT2D eigenvalue weighted by Gasteiger charge is 2.20. The van der Waals surface area contributed by atoms with E-state index in [9.17, 15) is 9.59 Å². The van der Waals surface area contributed by atoms with E-state index in [1.54, 1.807) is 25.1 Å². The molecule has 5 heteroatoms. The van der Waals surface area contributed by atoms with Gasteiger partial charge >= 0.3 is 5.97 Å². The monoisotopic (exact) mass is 266 g/mol. The lowest BCUT2D eigenvalue weighted by atomic mass is 10.0. The molecule has 0 saturated carbocycles. The lowest BCUT2D eigenvalue weighted by Crippen LogP contribution is -2.10. The molecule has 1 rings (SSSR count). The van der Waals surface area contributed by atoms with Crippen LogP contribution in [0.3, 0.4) is 0 Å².